The third-order valence-corrected chi connectivity index (χ3v) is 3.53. The number of ether oxygens (including phenoxy) is 1. The standard InChI is InChI=1S/C16H18N2O3.ClH/c17-10-13(11-6-7-11)18-16(19)14-8-9-15(21-14)20-12-4-2-1-3-5-12;/h1-5,8-9,11,13H,6-7,10,17H2,(H,18,19);1H. The van der Waals surface area contributed by atoms with Gasteiger partial charge in [-0.15, -0.1) is 12.4 Å². The number of para-hydroxylation sites is 1. The molecule has 0 radical (unpaired) electrons. The van der Waals surface area contributed by atoms with E-state index in [9.17, 15) is 4.79 Å². The van der Waals surface area contributed by atoms with Crippen molar-refractivity contribution in [3.63, 3.8) is 0 Å². The van der Waals surface area contributed by atoms with Crippen molar-refractivity contribution in [2.45, 2.75) is 18.9 Å². The zero-order valence-electron chi connectivity index (χ0n) is 12.0. The van der Waals surface area contributed by atoms with Crippen molar-refractivity contribution in [2.24, 2.45) is 11.7 Å². The molecular formula is C16H19ClN2O3. The highest BCUT2D eigenvalue weighted by Crippen LogP contribution is 2.32. The Labute approximate surface area is 135 Å². The van der Waals surface area contributed by atoms with Crippen molar-refractivity contribution in [3.05, 3.63) is 48.2 Å². The lowest BCUT2D eigenvalue weighted by Crippen LogP contribution is -2.41. The van der Waals surface area contributed by atoms with Crippen LogP contribution in [0.3, 0.4) is 0 Å². The van der Waals surface area contributed by atoms with Gasteiger partial charge >= 0.3 is 0 Å². The van der Waals surface area contributed by atoms with Crippen LogP contribution in [0, 0.1) is 5.92 Å². The van der Waals surface area contributed by atoms with Crippen LogP contribution in [0.5, 0.6) is 11.7 Å². The van der Waals surface area contributed by atoms with Crippen molar-refractivity contribution >= 4 is 18.3 Å². The summed E-state index contributed by atoms with van der Waals surface area (Å²) >= 11 is 0. The van der Waals surface area contributed by atoms with Gasteiger partial charge in [-0.3, -0.25) is 4.79 Å². The highest BCUT2D eigenvalue weighted by Gasteiger charge is 2.31. The maximum absolute atomic E-state index is 12.1. The third kappa shape index (κ3) is 4.02. The first kappa shape index (κ1) is 16.4. The van der Waals surface area contributed by atoms with Crippen LogP contribution in [-0.2, 0) is 0 Å². The number of nitrogens with one attached hydrogen (secondary N) is 1. The second kappa shape index (κ2) is 7.33. The van der Waals surface area contributed by atoms with Gasteiger partial charge in [0.05, 0.1) is 0 Å². The number of nitrogens with two attached hydrogens (primary N) is 1. The highest BCUT2D eigenvalue weighted by atomic mass is 35.5. The maximum atomic E-state index is 12.1. The number of hydrogen-bond donors (Lipinski definition) is 2. The summed E-state index contributed by atoms with van der Waals surface area (Å²) < 4.78 is 10.9. The fourth-order valence-electron chi connectivity index (χ4n) is 2.21. The molecule has 1 aliphatic carbocycles. The molecule has 0 spiro atoms. The lowest BCUT2D eigenvalue weighted by Gasteiger charge is -2.14. The van der Waals surface area contributed by atoms with E-state index < -0.39 is 0 Å². The molecule has 22 heavy (non-hydrogen) atoms. The Morgan fingerprint density at radius 2 is 2.00 bits per heavy atom. The van der Waals surface area contributed by atoms with E-state index in [1.165, 1.54) is 0 Å². The summed E-state index contributed by atoms with van der Waals surface area (Å²) in [5, 5.41) is 2.91. The molecule has 1 saturated carbocycles. The van der Waals surface area contributed by atoms with E-state index in [4.69, 9.17) is 14.9 Å². The number of halogens is 1. The molecule has 1 aromatic carbocycles. The van der Waals surface area contributed by atoms with Crippen molar-refractivity contribution < 1.29 is 13.9 Å². The molecule has 5 nitrogen and oxygen atoms in total. The predicted octanol–water partition coefficient (Wildman–Crippen LogP) is 2.96. The molecule has 1 unspecified atom stereocenters. The van der Waals surface area contributed by atoms with Crippen LogP contribution in [-0.4, -0.2) is 18.5 Å². The highest BCUT2D eigenvalue weighted by molar-refractivity contribution is 5.91. The summed E-state index contributed by atoms with van der Waals surface area (Å²) in [6, 6.07) is 12.5. The van der Waals surface area contributed by atoms with Gasteiger partial charge in [-0.25, -0.2) is 0 Å². The largest absolute Gasteiger partial charge is 0.426 e. The Bertz CT molecular complexity index is 611. The monoisotopic (exact) mass is 322 g/mol. The second-order valence-electron chi connectivity index (χ2n) is 5.19. The SMILES string of the molecule is Cl.NCC(NC(=O)c1ccc(Oc2ccccc2)o1)C1CC1. The molecule has 0 saturated heterocycles. The summed E-state index contributed by atoms with van der Waals surface area (Å²) in [6.07, 6.45) is 2.26. The molecule has 1 aromatic heterocycles. The van der Waals surface area contributed by atoms with Gasteiger partial charge < -0.3 is 20.2 Å². The Morgan fingerprint density at radius 3 is 2.64 bits per heavy atom. The molecule has 1 heterocycles. The fourth-order valence-corrected chi connectivity index (χ4v) is 2.21. The lowest BCUT2D eigenvalue weighted by atomic mass is 10.2. The molecular weight excluding hydrogens is 304 g/mol. The third-order valence-electron chi connectivity index (χ3n) is 3.53. The molecule has 1 amide bonds. The van der Waals surface area contributed by atoms with Crippen molar-refractivity contribution in [1.82, 2.24) is 5.32 Å². The molecule has 118 valence electrons. The van der Waals surface area contributed by atoms with Gasteiger partial charge in [-0.2, -0.15) is 0 Å². The van der Waals surface area contributed by atoms with Crippen molar-refractivity contribution in [2.75, 3.05) is 6.54 Å². The molecule has 2 aromatic rings. The summed E-state index contributed by atoms with van der Waals surface area (Å²) in [5.41, 5.74) is 5.68. The lowest BCUT2D eigenvalue weighted by molar-refractivity contribution is 0.0900. The van der Waals surface area contributed by atoms with Gasteiger partial charge in [0, 0.05) is 18.7 Å². The minimum atomic E-state index is -0.250. The zero-order valence-corrected chi connectivity index (χ0v) is 12.8. The van der Waals surface area contributed by atoms with Crippen molar-refractivity contribution in [1.29, 1.82) is 0 Å². The first-order chi connectivity index (χ1) is 10.3. The van der Waals surface area contributed by atoms with E-state index >= 15 is 0 Å². The molecule has 0 bridgehead atoms. The fraction of sp³-hybridized carbons (Fsp3) is 0.312. The minimum Gasteiger partial charge on any atom is -0.426 e. The number of benzene rings is 1. The Balaban J connectivity index is 0.00000176. The smallest absolute Gasteiger partial charge is 0.290 e. The Hall–Kier alpha value is -1.98. The predicted molar refractivity (Wildman–Crippen MR) is 85.5 cm³/mol. The van der Waals surface area contributed by atoms with Crippen molar-refractivity contribution in [3.8, 4) is 11.7 Å². The summed E-state index contributed by atoms with van der Waals surface area (Å²) in [6.45, 7) is 0.449. The average molecular weight is 323 g/mol. The van der Waals surface area contributed by atoms with Gasteiger partial charge in [0.2, 0.25) is 0 Å². The van der Waals surface area contributed by atoms with Crippen LogP contribution in [0.2, 0.25) is 0 Å². The van der Waals surface area contributed by atoms with E-state index in [-0.39, 0.29) is 30.1 Å². The summed E-state index contributed by atoms with van der Waals surface area (Å²) in [7, 11) is 0. The van der Waals surface area contributed by atoms with E-state index in [1.807, 2.05) is 30.3 Å². The molecule has 3 N–H and O–H groups in total. The second-order valence-corrected chi connectivity index (χ2v) is 5.19. The van der Waals surface area contributed by atoms with Gasteiger partial charge in [0.15, 0.2) is 5.76 Å². The van der Waals surface area contributed by atoms with E-state index in [2.05, 4.69) is 5.32 Å². The van der Waals surface area contributed by atoms with E-state index in [1.54, 1.807) is 12.1 Å². The van der Waals surface area contributed by atoms with Crippen LogP contribution >= 0.6 is 12.4 Å². The van der Waals surface area contributed by atoms with Crippen LogP contribution in [0.4, 0.5) is 0 Å². The van der Waals surface area contributed by atoms with Crippen LogP contribution in [0.25, 0.3) is 0 Å². The Morgan fingerprint density at radius 1 is 1.27 bits per heavy atom. The summed E-state index contributed by atoms with van der Waals surface area (Å²) in [4.78, 5) is 12.1. The van der Waals surface area contributed by atoms with Gasteiger partial charge in [-0.05, 0) is 37.0 Å². The quantitative estimate of drug-likeness (QED) is 0.857. The maximum Gasteiger partial charge on any atom is 0.290 e. The van der Waals surface area contributed by atoms with E-state index in [0.717, 1.165) is 12.8 Å². The van der Waals surface area contributed by atoms with Crippen LogP contribution in [0.15, 0.2) is 46.9 Å². The minimum absolute atomic E-state index is 0. The Kier molecular flexibility index (Phi) is 5.46. The molecule has 1 atom stereocenters. The van der Waals surface area contributed by atoms with Gasteiger partial charge in [0.1, 0.15) is 5.75 Å². The van der Waals surface area contributed by atoms with Crippen LogP contribution in [0.1, 0.15) is 23.4 Å². The molecule has 0 aliphatic heterocycles. The van der Waals surface area contributed by atoms with E-state index in [0.29, 0.717) is 24.2 Å². The number of furan rings is 1. The van der Waals surface area contributed by atoms with Crippen LogP contribution < -0.4 is 15.8 Å². The number of carbonyl (C=O) groups is 1. The van der Waals surface area contributed by atoms with Gasteiger partial charge in [0.25, 0.3) is 11.9 Å². The first-order valence-electron chi connectivity index (χ1n) is 7.10. The number of carbonyl (C=O) groups excluding carboxylic acids is 1. The van der Waals surface area contributed by atoms with Gasteiger partial charge in [-0.1, -0.05) is 18.2 Å². The molecule has 1 fully saturated rings. The molecule has 6 heteroatoms. The number of amides is 1. The first-order valence-corrected chi connectivity index (χ1v) is 7.10. The number of hydrogen-bond acceptors (Lipinski definition) is 4. The number of rotatable bonds is 6. The average Bonchev–Trinajstić information content (AvgIpc) is 3.25. The normalized spacial score (nSPS) is 14.8. The topological polar surface area (TPSA) is 77.5 Å². The molecule has 3 rings (SSSR count). The molecule has 1 aliphatic rings. The zero-order chi connectivity index (χ0) is 14.7. The summed E-state index contributed by atoms with van der Waals surface area (Å²) in [5.74, 6) is 1.45.